The molecule has 1 saturated carbocycles. The van der Waals surface area contributed by atoms with Gasteiger partial charge in [-0.15, -0.1) is 0 Å². The highest BCUT2D eigenvalue weighted by Crippen LogP contribution is 2.52. The Kier molecular flexibility index (Phi) is 3.04. The zero-order valence-electron chi connectivity index (χ0n) is 12.8. The fourth-order valence-corrected chi connectivity index (χ4v) is 4.50. The summed E-state index contributed by atoms with van der Waals surface area (Å²) < 4.78 is 0. The van der Waals surface area contributed by atoms with E-state index in [0.717, 1.165) is 12.8 Å². The van der Waals surface area contributed by atoms with Gasteiger partial charge in [-0.05, 0) is 43.1 Å². The Labute approximate surface area is 121 Å². The molecular formula is C18H24O2. The number of fused-ring (bicyclic) bond motifs is 3. The van der Waals surface area contributed by atoms with Gasteiger partial charge < -0.3 is 0 Å². The number of hydrogen-bond acceptors (Lipinski definition) is 2. The standard InChI is InChI=1S/C18H24O2/c1-10-5-6-12-11(2)9-13-16(15(12)17(10)20)14(19)7-8-18(13,3)4/h7-10,12-13,15-16H,5-6H2,1-4H3/t10-,12+,13+,15-,16+/m0/s1. The highest BCUT2D eigenvalue weighted by molar-refractivity contribution is 5.98. The molecule has 2 nitrogen and oxygen atoms in total. The van der Waals surface area contributed by atoms with E-state index < -0.39 is 0 Å². The van der Waals surface area contributed by atoms with Crippen LogP contribution in [0.3, 0.4) is 0 Å². The fraction of sp³-hybridized carbons (Fsp3) is 0.667. The van der Waals surface area contributed by atoms with Gasteiger partial charge in [0.1, 0.15) is 5.78 Å². The van der Waals surface area contributed by atoms with Crippen LogP contribution in [-0.2, 0) is 9.59 Å². The van der Waals surface area contributed by atoms with Gasteiger partial charge in [-0.3, -0.25) is 9.59 Å². The van der Waals surface area contributed by atoms with Crippen molar-refractivity contribution in [3.8, 4) is 0 Å². The maximum Gasteiger partial charge on any atom is 0.159 e. The van der Waals surface area contributed by atoms with Crippen molar-refractivity contribution in [1.29, 1.82) is 0 Å². The minimum Gasteiger partial charge on any atom is -0.299 e. The second-order valence-corrected chi connectivity index (χ2v) is 7.53. The number of ketones is 2. The topological polar surface area (TPSA) is 34.1 Å². The van der Waals surface area contributed by atoms with E-state index in [4.69, 9.17) is 0 Å². The minimum absolute atomic E-state index is 0.0359. The second kappa shape index (κ2) is 4.41. The van der Waals surface area contributed by atoms with E-state index in [2.05, 4.69) is 26.8 Å². The number of hydrogen-bond donors (Lipinski definition) is 0. The molecule has 0 heterocycles. The molecule has 108 valence electrons. The number of allylic oxidation sites excluding steroid dienone is 4. The maximum atomic E-state index is 12.7. The van der Waals surface area contributed by atoms with Gasteiger partial charge in [-0.2, -0.15) is 0 Å². The van der Waals surface area contributed by atoms with Crippen molar-refractivity contribution in [1.82, 2.24) is 0 Å². The Balaban J connectivity index is 2.11. The Morgan fingerprint density at radius 2 is 1.85 bits per heavy atom. The highest BCUT2D eigenvalue weighted by atomic mass is 16.1. The van der Waals surface area contributed by atoms with Gasteiger partial charge in [0.05, 0.1) is 0 Å². The first-order valence-corrected chi connectivity index (χ1v) is 7.78. The molecular weight excluding hydrogens is 248 g/mol. The lowest BCUT2D eigenvalue weighted by Crippen LogP contribution is -2.51. The van der Waals surface area contributed by atoms with E-state index in [0.29, 0.717) is 11.7 Å². The highest BCUT2D eigenvalue weighted by Gasteiger charge is 2.52. The lowest BCUT2D eigenvalue weighted by molar-refractivity contribution is -0.140. The predicted molar refractivity (Wildman–Crippen MR) is 79.1 cm³/mol. The van der Waals surface area contributed by atoms with Crippen LogP contribution in [0.4, 0.5) is 0 Å². The van der Waals surface area contributed by atoms with Crippen molar-refractivity contribution < 1.29 is 9.59 Å². The van der Waals surface area contributed by atoms with Crippen LogP contribution in [0.5, 0.6) is 0 Å². The molecule has 0 bridgehead atoms. The zero-order valence-corrected chi connectivity index (χ0v) is 12.8. The first-order chi connectivity index (χ1) is 9.33. The molecule has 3 rings (SSSR count). The average molecular weight is 272 g/mol. The fourth-order valence-electron chi connectivity index (χ4n) is 4.50. The molecule has 5 atom stereocenters. The molecule has 0 amide bonds. The monoisotopic (exact) mass is 272 g/mol. The summed E-state index contributed by atoms with van der Waals surface area (Å²) in [5, 5.41) is 0. The van der Waals surface area contributed by atoms with Crippen LogP contribution in [0.15, 0.2) is 23.8 Å². The van der Waals surface area contributed by atoms with Gasteiger partial charge in [-0.1, -0.05) is 38.5 Å². The molecule has 1 fully saturated rings. The number of carbonyl (C=O) groups excluding carboxylic acids is 2. The molecule has 0 radical (unpaired) electrons. The van der Waals surface area contributed by atoms with Gasteiger partial charge in [0, 0.05) is 17.8 Å². The molecule has 0 unspecified atom stereocenters. The SMILES string of the molecule is CC1=C[C@@H]2[C@H](C(=O)C=CC2(C)C)[C@H]2C(=O)[C@@H](C)CC[C@H]12. The first kappa shape index (κ1) is 13.8. The summed E-state index contributed by atoms with van der Waals surface area (Å²) in [6.07, 6.45) is 8.06. The summed E-state index contributed by atoms with van der Waals surface area (Å²) in [5.74, 6) is 0.870. The molecule has 0 aromatic carbocycles. The molecule has 0 aromatic heterocycles. The van der Waals surface area contributed by atoms with Crippen molar-refractivity contribution in [3.63, 3.8) is 0 Å². The quantitative estimate of drug-likeness (QED) is 0.632. The predicted octanol–water partition coefficient (Wildman–Crippen LogP) is 3.58. The van der Waals surface area contributed by atoms with E-state index in [1.165, 1.54) is 5.57 Å². The van der Waals surface area contributed by atoms with Gasteiger partial charge >= 0.3 is 0 Å². The van der Waals surface area contributed by atoms with Crippen LogP contribution in [0.1, 0.15) is 40.5 Å². The van der Waals surface area contributed by atoms with E-state index in [1.54, 1.807) is 6.08 Å². The zero-order chi connectivity index (χ0) is 14.7. The van der Waals surface area contributed by atoms with Crippen LogP contribution in [0.2, 0.25) is 0 Å². The molecule has 2 heteroatoms. The molecule has 0 N–H and O–H groups in total. The lowest BCUT2D eigenvalue weighted by Gasteiger charge is -2.49. The van der Waals surface area contributed by atoms with Gasteiger partial charge in [0.2, 0.25) is 0 Å². The summed E-state index contributed by atoms with van der Waals surface area (Å²) in [7, 11) is 0. The maximum absolute atomic E-state index is 12.7. The molecule has 0 saturated heterocycles. The van der Waals surface area contributed by atoms with Gasteiger partial charge in [-0.25, -0.2) is 0 Å². The lowest BCUT2D eigenvalue weighted by atomic mass is 9.53. The van der Waals surface area contributed by atoms with Crippen molar-refractivity contribution >= 4 is 11.6 Å². The van der Waals surface area contributed by atoms with E-state index in [9.17, 15) is 9.59 Å². The second-order valence-electron chi connectivity index (χ2n) is 7.53. The molecule has 20 heavy (non-hydrogen) atoms. The Hall–Kier alpha value is -1.18. The third-order valence-corrected chi connectivity index (χ3v) is 5.82. The summed E-state index contributed by atoms with van der Waals surface area (Å²) >= 11 is 0. The molecule has 0 aromatic rings. The van der Waals surface area contributed by atoms with E-state index in [-0.39, 0.29) is 34.9 Å². The van der Waals surface area contributed by atoms with Crippen molar-refractivity contribution in [3.05, 3.63) is 23.8 Å². The van der Waals surface area contributed by atoms with Crippen LogP contribution in [0, 0.1) is 35.0 Å². The third kappa shape index (κ3) is 1.84. The van der Waals surface area contributed by atoms with Gasteiger partial charge in [0.15, 0.2) is 5.78 Å². The van der Waals surface area contributed by atoms with Crippen LogP contribution < -0.4 is 0 Å². The van der Waals surface area contributed by atoms with Crippen LogP contribution in [-0.4, -0.2) is 11.6 Å². The average Bonchev–Trinajstić information content (AvgIpc) is 2.39. The molecule has 3 aliphatic rings. The summed E-state index contributed by atoms with van der Waals surface area (Å²) in [4.78, 5) is 25.2. The van der Waals surface area contributed by atoms with Crippen LogP contribution >= 0.6 is 0 Å². The Morgan fingerprint density at radius 3 is 2.55 bits per heavy atom. The van der Waals surface area contributed by atoms with Crippen molar-refractivity contribution in [2.24, 2.45) is 35.0 Å². The van der Waals surface area contributed by atoms with E-state index in [1.807, 2.05) is 13.0 Å². The van der Waals surface area contributed by atoms with Crippen LogP contribution in [0.25, 0.3) is 0 Å². The largest absolute Gasteiger partial charge is 0.299 e. The molecule has 0 spiro atoms. The van der Waals surface area contributed by atoms with E-state index >= 15 is 0 Å². The Bertz CT molecular complexity index is 524. The summed E-state index contributed by atoms with van der Waals surface area (Å²) in [5.41, 5.74) is 1.29. The summed E-state index contributed by atoms with van der Waals surface area (Å²) in [6, 6.07) is 0. The number of rotatable bonds is 0. The normalized spacial score (nSPS) is 42.8. The molecule has 0 aliphatic heterocycles. The minimum atomic E-state index is -0.126. The first-order valence-electron chi connectivity index (χ1n) is 7.78. The van der Waals surface area contributed by atoms with Gasteiger partial charge in [0.25, 0.3) is 0 Å². The number of Topliss-reactive ketones (excluding diaryl/α,β-unsaturated/α-hetero) is 1. The molecule has 3 aliphatic carbocycles. The Morgan fingerprint density at radius 1 is 1.15 bits per heavy atom. The van der Waals surface area contributed by atoms with Crippen molar-refractivity contribution in [2.75, 3.05) is 0 Å². The third-order valence-electron chi connectivity index (χ3n) is 5.82. The number of carbonyl (C=O) groups is 2. The van der Waals surface area contributed by atoms with Crippen molar-refractivity contribution in [2.45, 2.75) is 40.5 Å². The smallest absolute Gasteiger partial charge is 0.159 e. The summed E-state index contributed by atoms with van der Waals surface area (Å²) in [6.45, 7) is 8.52.